The fourth-order valence-corrected chi connectivity index (χ4v) is 2.62. The minimum Gasteiger partial charge on any atom is -0.393 e. The van der Waals surface area contributed by atoms with Crippen LogP contribution in [0.1, 0.15) is 12.8 Å². The van der Waals surface area contributed by atoms with Crippen molar-refractivity contribution in [1.82, 2.24) is 9.55 Å². The summed E-state index contributed by atoms with van der Waals surface area (Å²) in [7, 11) is -3.21. The summed E-state index contributed by atoms with van der Waals surface area (Å²) in [4.78, 5) is 24.1. The highest BCUT2D eigenvalue weighted by atomic mass is 31.1. The largest absolute Gasteiger partial charge is 0.393 e. The molecule has 1 aromatic heterocycles. The lowest BCUT2D eigenvalue weighted by Crippen LogP contribution is -2.56. The van der Waals surface area contributed by atoms with Crippen molar-refractivity contribution >= 4 is 14.1 Å². The quantitative estimate of drug-likeness (QED) is 0.478. The van der Waals surface area contributed by atoms with Crippen LogP contribution in [0.15, 0.2) is 17.1 Å². The molecular weight excluding hydrogens is 305 g/mol. The van der Waals surface area contributed by atoms with Gasteiger partial charge in [0.05, 0.1) is 6.61 Å². The van der Waals surface area contributed by atoms with Crippen LogP contribution in [0.2, 0.25) is 0 Å². The summed E-state index contributed by atoms with van der Waals surface area (Å²) in [5, 5.41) is 20.0. The standard InChI is InChI=1S/C10H16N3O7P/c11-7-2-4-13(9(15)12-7)10(16)3-1-8(20-21(17)18)19-6(10)5-14/h2,4,6,8,14,16,21H,1,3,5H2,(H,17,18)(H2,11,12,15)/t6-,8-,10-/m1/s1. The molecule has 1 aliphatic heterocycles. The third-order valence-electron chi connectivity index (χ3n) is 3.22. The van der Waals surface area contributed by atoms with Crippen molar-refractivity contribution in [2.45, 2.75) is 31.0 Å². The van der Waals surface area contributed by atoms with Gasteiger partial charge in [0, 0.05) is 19.0 Å². The van der Waals surface area contributed by atoms with Crippen LogP contribution in [-0.4, -0.2) is 43.7 Å². The van der Waals surface area contributed by atoms with Crippen molar-refractivity contribution in [3.05, 3.63) is 22.7 Å². The van der Waals surface area contributed by atoms with Gasteiger partial charge in [-0.15, -0.1) is 0 Å². The summed E-state index contributed by atoms with van der Waals surface area (Å²) in [6.45, 7) is -0.625. The van der Waals surface area contributed by atoms with Gasteiger partial charge in [-0.05, 0) is 6.07 Å². The smallest absolute Gasteiger partial charge is 0.351 e. The Morgan fingerprint density at radius 2 is 2.38 bits per heavy atom. The molecule has 0 aromatic carbocycles. The van der Waals surface area contributed by atoms with Crippen LogP contribution < -0.4 is 11.4 Å². The molecule has 1 aliphatic rings. The number of aliphatic hydroxyl groups is 2. The second kappa shape index (κ2) is 6.22. The zero-order chi connectivity index (χ0) is 15.6. The van der Waals surface area contributed by atoms with Crippen molar-refractivity contribution in [3.8, 4) is 0 Å². The molecule has 4 atom stereocenters. The Balaban J connectivity index is 2.29. The van der Waals surface area contributed by atoms with Crippen molar-refractivity contribution in [1.29, 1.82) is 0 Å². The van der Waals surface area contributed by atoms with E-state index >= 15 is 0 Å². The predicted octanol–water partition coefficient (Wildman–Crippen LogP) is -1.63. The molecule has 0 radical (unpaired) electrons. The predicted molar refractivity (Wildman–Crippen MR) is 70.4 cm³/mol. The normalized spacial score (nSPS) is 31.0. The number of hydrogen-bond acceptors (Lipinski definition) is 8. The summed E-state index contributed by atoms with van der Waals surface area (Å²) in [6, 6.07) is 1.32. The fraction of sp³-hybridized carbons (Fsp3) is 0.600. The molecule has 2 rings (SSSR count). The summed E-state index contributed by atoms with van der Waals surface area (Å²) in [5.41, 5.74) is 2.73. The van der Waals surface area contributed by atoms with Gasteiger partial charge in [0.2, 0.25) is 0 Å². The van der Waals surface area contributed by atoms with E-state index in [9.17, 15) is 19.6 Å². The van der Waals surface area contributed by atoms with E-state index in [0.717, 1.165) is 4.57 Å². The molecular formula is C10H16N3O7P. The number of nitrogen functional groups attached to an aromatic ring is 1. The van der Waals surface area contributed by atoms with E-state index in [4.69, 9.17) is 15.4 Å². The van der Waals surface area contributed by atoms with E-state index < -0.39 is 38.7 Å². The molecule has 118 valence electrons. The van der Waals surface area contributed by atoms with E-state index in [1.165, 1.54) is 12.3 Å². The molecule has 0 saturated carbocycles. The highest BCUT2D eigenvalue weighted by molar-refractivity contribution is 7.32. The molecule has 5 N–H and O–H groups in total. The maximum atomic E-state index is 11.8. The molecule has 0 spiro atoms. The van der Waals surface area contributed by atoms with Crippen LogP contribution in [0.4, 0.5) is 5.82 Å². The van der Waals surface area contributed by atoms with Crippen LogP contribution in [0, 0.1) is 0 Å². The van der Waals surface area contributed by atoms with Crippen molar-refractivity contribution < 1.29 is 28.9 Å². The Bertz CT molecular complexity index is 594. The first-order chi connectivity index (χ1) is 9.86. The maximum absolute atomic E-state index is 11.8. The molecule has 0 amide bonds. The van der Waals surface area contributed by atoms with E-state index in [-0.39, 0.29) is 18.7 Å². The Morgan fingerprint density at radius 1 is 1.67 bits per heavy atom. The molecule has 1 fully saturated rings. The van der Waals surface area contributed by atoms with Crippen molar-refractivity contribution in [3.63, 3.8) is 0 Å². The summed E-state index contributed by atoms with van der Waals surface area (Å²) in [5.74, 6) is -0.00258. The number of hydrogen-bond donors (Lipinski definition) is 4. The molecule has 0 aliphatic carbocycles. The zero-order valence-corrected chi connectivity index (χ0v) is 11.9. The number of ether oxygens (including phenoxy) is 1. The van der Waals surface area contributed by atoms with E-state index in [2.05, 4.69) is 9.51 Å². The van der Waals surface area contributed by atoms with Gasteiger partial charge >= 0.3 is 13.9 Å². The summed E-state index contributed by atoms with van der Waals surface area (Å²) in [6.07, 6.45) is -1.01. The Labute approximate surface area is 119 Å². The maximum Gasteiger partial charge on any atom is 0.351 e. The van der Waals surface area contributed by atoms with E-state index in [1.807, 2.05) is 0 Å². The average molecular weight is 321 g/mol. The lowest BCUT2D eigenvalue weighted by Gasteiger charge is -2.42. The molecule has 1 saturated heterocycles. The van der Waals surface area contributed by atoms with Crippen LogP contribution in [0.3, 0.4) is 0 Å². The highest BCUT2D eigenvalue weighted by Gasteiger charge is 2.46. The minimum absolute atomic E-state index is 0.00258. The number of nitrogens with zero attached hydrogens (tertiary/aromatic N) is 2. The van der Waals surface area contributed by atoms with Gasteiger partial charge < -0.3 is 25.6 Å². The first kappa shape index (κ1) is 16.1. The number of aromatic nitrogens is 2. The van der Waals surface area contributed by atoms with Crippen molar-refractivity contribution in [2.24, 2.45) is 0 Å². The van der Waals surface area contributed by atoms with E-state index in [0.29, 0.717) is 0 Å². The van der Waals surface area contributed by atoms with Crippen LogP contribution in [-0.2, 0) is 19.6 Å². The van der Waals surface area contributed by atoms with Gasteiger partial charge in [-0.3, -0.25) is 13.7 Å². The van der Waals surface area contributed by atoms with Crippen molar-refractivity contribution in [2.75, 3.05) is 12.3 Å². The minimum atomic E-state index is -3.21. The second-order valence-electron chi connectivity index (χ2n) is 4.54. The Kier molecular flexibility index (Phi) is 4.77. The molecule has 11 heteroatoms. The number of anilines is 1. The molecule has 2 heterocycles. The number of aliphatic hydroxyl groups excluding tert-OH is 1. The third-order valence-corrected chi connectivity index (χ3v) is 3.68. The fourth-order valence-electron chi connectivity index (χ4n) is 2.23. The first-order valence-electron chi connectivity index (χ1n) is 6.10. The second-order valence-corrected chi connectivity index (χ2v) is 5.31. The number of rotatable bonds is 4. The number of nitrogens with two attached hydrogens (primary N) is 1. The van der Waals surface area contributed by atoms with Crippen LogP contribution >= 0.6 is 8.25 Å². The third kappa shape index (κ3) is 3.31. The Hall–Kier alpha value is -1.29. The lowest BCUT2D eigenvalue weighted by atomic mass is 9.97. The van der Waals surface area contributed by atoms with Gasteiger partial charge in [-0.25, -0.2) is 4.79 Å². The average Bonchev–Trinajstić information content (AvgIpc) is 2.40. The van der Waals surface area contributed by atoms with Crippen LogP contribution in [0.25, 0.3) is 0 Å². The summed E-state index contributed by atoms with van der Waals surface area (Å²) < 4.78 is 21.4. The molecule has 10 nitrogen and oxygen atoms in total. The topological polar surface area (TPSA) is 157 Å². The molecule has 21 heavy (non-hydrogen) atoms. The molecule has 1 aromatic rings. The monoisotopic (exact) mass is 321 g/mol. The van der Waals surface area contributed by atoms with Gasteiger partial charge in [0.15, 0.2) is 12.0 Å². The van der Waals surface area contributed by atoms with Gasteiger partial charge in [-0.2, -0.15) is 4.98 Å². The lowest BCUT2D eigenvalue weighted by molar-refractivity contribution is -0.266. The SMILES string of the molecule is Nc1ccn([C@@]2(O)CC[C@@H](O[PH](=O)O)O[C@@H]2CO)c(=O)n1. The van der Waals surface area contributed by atoms with Gasteiger partial charge in [0.1, 0.15) is 11.9 Å². The first-order valence-corrected chi connectivity index (χ1v) is 7.37. The molecule has 0 bridgehead atoms. The zero-order valence-electron chi connectivity index (χ0n) is 10.9. The molecule has 1 unspecified atom stereocenters. The van der Waals surface area contributed by atoms with Crippen LogP contribution in [0.5, 0.6) is 0 Å². The van der Waals surface area contributed by atoms with Gasteiger partial charge in [0.25, 0.3) is 0 Å². The summed E-state index contributed by atoms with van der Waals surface area (Å²) >= 11 is 0. The highest BCUT2D eigenvalue weighted by Crippen LogP contribution is 2.35. The van der Waals surface area contributed by atoms with E-state index in [1.54, 1.807) is 0 Å². The van der Waals surface area contributed by atoms with Gasteiger partial charge in [-0.1, -0.05) is 0 Å². The Morgan fingerprint density at radius 3 is 2.95 bits per heavy atom.